The smallest absolute Gasteiger partial charge is 0.0650 e. The molecule has 0 spiro atoms. The molecule has 0 saturated heterocycles. The number of hydrogen-bond acceptors (Lipinski definition) is 2. The molecular formula is C11H13BrN2O. The van der Waals surface area contributed by atoms with E-state index in [4.69, 9.17) is 0 Å². The molecule has 0 unspecified atom stereocenters. The summed E-state index contributed by atoms with van der Waals surface area (Å²) in [5.74, 6) is 0. The summed E-state index contributed by atoms with van der Waals surface area (Å²) in [4.78, 5) is 0. The van der Waals surface area contributed by atoms with Crippen molar-refractivity contribution in [3.05, 3.63) is 34.4 Å². The third-order valence-corrected chi connectivity index (χ3v) is 3.42. The molecule has 0 atom stereocenters. The van der Waals surface area contributed by atoms with Crippen molar-refractivity contribution in [3.63, 3.8) is 0 Å². The lowest BCUT2D eigenvalue weighted by molar-refractivity contribution is -0.0746. The number of aryl methyl sites for hydroxylation is 1. The Labute approximate surface area is 97.0 Å². The highest BCUT2D eigenvalue weighted by atomic mass is 79.9. The molecule has 0 aliphatic carbocycles. The zero-order chi connectivity index (χ0) is 11.0. The molecule has 1 aromatic heterocycles. The Morgan fingerprint density at radius 3 is 2.67 bits per heavy atom. The fourth-order valence-corrected chi connectivity index (χ4v) is 2.52. The zero-order valence-electron chi connectivity index (χ0n) is 8.74. The topological polar surface area (TPSA) is 28.4 Å². The number of halogens is 1. The second kappa shape index (κ2) is 3.96. The van der Waals surface area contributed by atoms with Gasteiger partial charge in [0.25, 0.3) is 0 Å². The van der Waals surface area contributed by atoms with Crippen molar-refractivity contribution in [1.29, 1.82) is 0 Å². The molecule has 15 heavy (non-hydrogen) atoms. The minimum absolute atomic E-state index is 0.506. The summed E-state index contributed by atoms with van der Waals surface area (Å²) in [5, 5.41) is 11.6. The van der Waals surface area contributed by atoms with Crippen LogP contribution in [0.3, 0.4) is 0 Å². The van der Waals surface area contributed by atoms with Crippen molar-refractivity contribution in [3.8, 4) is 0 Å². The summed E-state index contributed by atoms with van der Waals surface area (Å²) >= 11 is 3.57. The van der Waals surface area contributed by atoms with Crippen LogP contribution in [0.1, 0.15) is 5.69 Å². The first-order valence-corrected chi connectivity index (χ1v) is 5.52. The van der Waals surface area contributed by atoms with Crippen LogP contribution in [-0.4, -0.2) is 21.9 Å². The van der Waals surface area contributed by atoms with Gasteiger partial charge in [0.15, 0.2) is 0 Å². The summed E-state index contributed by atoms with van der Waals surface area (Å²) in [7, 11) is 3.65. The molecule has 0 aliphatic heterocycles. The largest absolute Gasteiger partial charge is 0.345 e. The van der Waals surface area contributed by atoms with Crippen LogP contribution in [-0.2, 0) is 13.6 Å². The van der Waals surface area contributed by atoms with Crippen LogP contribution in [0.2, 0.25) is 0 Å². The molecule has 0 aliphatic rings. The molecule has 1 heterocycles. The Morgan fingerprint density at radius 1 is 1.40 bits per heavy atom. The number of aromatic nitrogens is 1. The zero-order valence-corrected chi connectivity index (χ0v) is 10.3. The van der Waals surface area contributed by atoms with Crippen molar-refractivity contribution in [2.75, 3.05) is 7.05 Å². The van der Waals surface area contributed by atoms with Crippen LogP contribution in [0.5, 0.6) is 0 Å². The lowest BCUT2D eigenvalue weighted by atomic mass is 10.2. The van der Waals surface area contributed by atoms with Crippen molar-refractivity contribution < 1.29 is 5.21 Å². The molecule has 0 fully saturated rings. The SMILES string of the molecule is CN(O)Cc1c(Br)c2ccccc2n1C. The minimum atomic E-state index is 0.506. The maximum Gasteiger partial charge on any atom is 0.0650 e. The predicted octanol–water partition coefficient (Wildman–Crippen LogP) is 2.76. The van der Waals surface area contributed by atoms with E-state index in [0.717, 1.165) is 10.2 Å². The summed E-state index contributed by atoms with van der Waals surface area (Å²) in [5.41, 5.74) is 2.24. The number of fused-ring (bicyclic) bond motifs is 1. The summed E-state index contributed by atoms with van der Waals surface area (Å²) < 4.78 is 3.15. The minimum Gasteiger partial charge on any atom is -0.345 e. The number of para-hydroxylation sites is 1. The first-order valence-electron chi connectivity index (χ1n) is 4.73. The van der Waals surface area contributed by atoms with Gasteiger partial charge >= 0.3 is 0 Å². The van der Waals surface area contributed by atoms with Crippen LogP contribution in [0.15, 0.2) is 28.7 Å². The van der Waals surface area contributed by atoms with Gasteiger partial charge in [0, 0.05) is 35.2 Å². The van der Waals surface area contributed by atoms with Crippen LogP contribution in [0, 0.1) is 0 Å². The quantitative estimate of drug-likeness (QED) is 0.849. The standard InChI is InChI=1S/C11H13BrN2O/c1-13(15)7-10-11(12)8-5-3-4-6-9(8)14(10)2/h3-6,15H,7H2,1-2H3. The summed E-state index contributed by atoms with van der Waals surface area (Å²) in [6.45, 7) is 0.506. The van der Waals surface area contributed by atoms with Crippen molar-refractivity contribution in [1.82, 2.24) is 9.63 Å². The van der Waals surface area contributed by atoms with E-state index in [-0.39, 0.29) is 0 Å². The van der Waals surface area contributed by atoms with E-state index in [1.54, 1.807) is 7.05 Å². The highest BCUT2D eigenvalue weighted by molar-refractivity contribution is 9.10. The van der Waals surface area contributed by atoms with E-state index >= 15 is 0 Å². The fourth-order valence-electron chi connectivity index (χ4n) is 1.79. The van der Waals surface area contributed by atoms with Crippen molar-refractivity contribution in [2.24, 2.45) is 7.05 Å². The number of benzene rings is 1. The van der Waals surface area contributed by atoms with Gasteiger partial charge < -0.3 is 9.77 Å². The molecule has 0 bridgehead atoms. The Morgan fingerprint density at radius 2 is 2.07 bits per heavy atom. The molecule has 2 aromatic rings. The van der Waals surface area contributed by atoms with E-state index in [1.165, 1.54) is 16.0 Å². The van der Waals surface area contributed by atoms with Gasteiger partial charge in [-0.2, -0.15) is 5.06 Å². The highest BCUT2D eigenvalue weighted by Crippen LogP contribution is 2.30. The van der Waals surface area contributed by atoms with E-state index in [9.17, 15) is 5.21 Å². The first-order chi connectivity index (χ1) is 7.11. The van der Waals surface area contributed by atoms with Crippen LogP contribution in [0.4, 0.5) is 0 Å². The maximum absolute atomic E-state index is 9.28. The monoisotopic (exact) mass is 268 g/mol. The average molecular weight is 269 g/mol. The number of hydrogen-bond donors (Lipinski definition) is 1. The molecule has 0 saturated carbocycles. The van der Waals surface area contributed by atoms with E-state index in [0.29, 0.717) is 6.54 Å². The molecular weight excluding hydrogens is 256 g/mol. The Balaban J connectivity index is 2.64. The van der Waals surface area contributed by atoms with Gasteiger partial charge in [-0.05, 0) is 22.0 Å². The van der Waals surface area contributed by atoms with Crippen LogP contribution >= 0.6 is 15.9 Å². The summed E-state index contributed by atoms with van der Waals surface area (Å²) in [6, 6.07) is 8.17. The lowest BCUT2D eigenvalue weighted by Gasteiger charge is -2.09. The average Bonchev–Trinajstić information content (AvgIpc) is 2.44. The Bertz CT molecular complexity index is 452. The van der Waals surface area contributed by atoms with Gasteiger partial charge in [-0.25, -0.2) is 0 Å². The molecule has 4 heteroatoms. The van der Waals surface area contributed by atoms with Gasteiger partial charge in [-0.1, -0.05) is 18.2 Å². The first kappa shape index (κ1) is 10.7. The van der Waals surface area contributed by atoms with Crippen molar-refractivity contribution in [2.45, 2.75) is 6.54 Å². The van der Waals surface area contributed by atoms with E-state index in [2.05, 4.69) is 32.6 Å². The number of rotatable bonds is 2. The van der Waals surface area contributed by atoms with Gasteiger partial charge in [0.2, 0.25) is 0 Å². The number of nitrogens with zero attached hydrogens (tertiary/aromatic N) is 2. The van der Waals surface area contributed by atoms with E-state index in [1.807, 2.05) is 19.2 Å². The Kier molecular flexibility index (Phi) is 2.82. The lowest BCUT2D eigenvalue weighted by Crippen LogP contribution is -2.14. The van der Waals surface area contributed by atoms with Gasteiger partial charge in [-0.15, -0.1) is 0 Å². The second-order valence-electron chi connectivity index (χ2n) is 3.65. The number of hydroxylamine groups is 2. The predicted molar refractivity (Wildman–Crippen MR) is 63.9 cm³/mol. The highest BCUT2D eigenvalue weighted by Gasteiger charge is 2.12. The third-order valence-electron chi connectivity index (χ3n) is 2.54. The van der Waals surface area contributed by atoms with E-state index < -0.39 is 0 Å². The molecule has 0 radical (unpaired) electrons. The molecule has 1 N–H and O–H groups in total. The maximum atomic E-state index is 9.28. The Hall–Kier alpha value is -0.840. The fraction of sp³-hybridized carbons (Fsp3) is 0.273. The second-order valence-corrected chi connectivity index (χ2v) is 4.45. The van der Waals surface area contributed by atoms with Crippen molar-refractivity contribution >= 4 is 26.8 Å². The third kappa shape index (κ3) is 1.80. The molecule has 3 nitrogen and oxygen atoms in total. The normalized spacial score (nSPS) is 11.5. The molecule has 2 rings (SSSR count). The molecule has 80 valence electrons. The summed E-state index contributed by atoms with van der Waals surface area (Å²) in [6.07, 6.45) is 0. The van der Waals surface area contributed by atoms with Gasteiger partial charge in [0.05, 0.1) is 6.54 Å². The molecule has 1 aromatic carbocycles. The van der Waals surface area contributed by atoms with Crippen LogP contribution in [0.25, 0.3) is 10.9 Å². The van der Waals surface area contributed by atoms with Gasteiger partial charge in [0.1, 0.15) is 0 Å². The van der Waals surface area contributed by atoms with Gasteiger partial charge in [-0.3, -0.25) is 0 Å². The molecule has 0 amide bonds. The van der Waals surface area contributed by atoms with Crippen LogP contribution < -0.4 is 0 Å².